The van der Waals surface area contributed by atoms with Crippen LogP contribution >= 0.6 is 0 Å². The maximum absolute atomic E-state index is 11.7. The summed E-state index contributed by atoms with van der Waals surface area (Å²) in [7, 11) is 0. The number of nitrogens with two attached hydrogens (primary N) is 2. The molecule has 0 fully saturated rings. The van der Waals surface area contributed by atoms with Crippen LogP contribution in [0.2, 0.25) is 0 Å². The van der Waals surface area contributed by atoms with E-state index < -0.39 is 29.9 Å². The molecule has 0 bridgehead atoms. The number of carbonyl (C=O) groups excluding carboxylic acids is 2. The van der Waals surface area contributed by atoms with Crippen LogP contribution < -0.4 is 22.1 Å². The van der Waals surface area contributed by atoms with Crippen molar-refractivity contribution in [2.75, 3.05) is 6.54 Å². The molecule has 0 aromatic heterocycles. The van der Waals surface area contributed by atoms with Crippen molar-refractivity contribution in [2.45, 2.75) is 32.9 Å². The second kappa shape index (κ2) is 7.49. The van der Waals surface area contributed by atoms with Gasteiger partial charge in [-0.25, -0.2) is 4.79 Å². The first kappa shape index (κ1) is 17.1. The molecule has 0 saturated heterocycles. The van der Waals surface area contributed by atoms with E-state index in [1.807, 2.05) is 0 Å². The lowest BCUT2D eigenvalue weighted by Gasteiger charge is -2.17. The SMILES string of the molecule is CC(C)=C(NC(=O)[C@H](C)NC(=O)C(N)CN)C(=O)O. The Labute approximate surface area is 111 Å². The summed E-state index contributed by atoms with van der Waals surface area (Å²) in [5, 5.41) is 13.5. The summed E-state index contributed by atoms with van der Waals surface area (Å²) in [5.74, 6) is -2.46. The predicted molar refractivity (Wildman–Crippen MR) is 68.8 cm³/mol. The molecular formula is C11H20N4O4. The Morgan fingerprint density at radius 3 is 2.11 bits per heavy atom. The van der Waals surface area contributed by atoms with Crippen LogP contribution in [0, 0.1) is 0 Å². The highest BCUT2D eigenvalue weighted by atomic mass is 16.4. The van der Waals surface area contributed by atoms with Crippen LogP contribution in [-0.4, -0.2) is 41.5 Å². The highest BCUT2D eigenvalue weighted by Crippen LogP contribution is 2.00. The van der Waals surface area contributed by atoms with Crippen LogP contribution in [0.15, 0.2) is 11.3 Å². The molecule has 108 valence electrons. The van der Waals surface area contributed by atoms with Crippen LogP contribution in [0.5, 0.6) is 0 Å². The standard InChI is InChI=1S/C11H20N4O4/c1-5(2)8(11(18)19)15-9(16)6(3)14-10(17)7(13)4-12/h6-7H,4,12-13H2,1-3H3,(H,14,17)(H,15,16)(H,18,19)/t6-,7?/m0/s1. The number of amides is 2. The Morgan fingerprint density at radius 1 is 1.21 bits per heavy atom. The summed E-state index contributed by atoms with van der Waals surface area (Å²) in [4.78, 5) is 34.0. The van der Waals surface area contributed by atoms with E-state index in [9.17, 15) is 14.4 Å². The number of nitrogens with one attached hydrogen (secondary N) is 2. The average molecular weight is 272 g/mol. The summed E-state index contributed by atoms with van der Waals surface area (Å²) in [6, 6.07) is -1.82. The Morgan fingerprint density at radius 2 is 1.74 bits per heavy atom. The topological polar surface area (TPSA) is 148 Å². The third-order valence-electron chi connectivity index (χ3n) is 2.30. The molecule has 0 heterocycles. The molecule has 19 heavy (non-hydrogen) atoms. The Hall–Kier alpha value is -1.93. The molecule has 8 heteroatoms. The molecule has 2 atom stereocenters. The van der Waals surface area contributed by atoms with Crippen LogP contribution in [0.1, 0.15) is 20.8 Å². The number of hydrogen-bond acceptors (Lipinski definition) is 5. The maximum Gasteiger partial charge on any atom is 0.352 e. The summed E-state index contributed by atoms with van der Waals surface area (Å²) in [5.41, 5.74) is 10.8. The minimum atomic E-state index is -1.24. The monoisotopic (exact) mass is 272 g/mol. The van der Waals surface area contributed by atoms with Gasteiger partial charge in [-0.1, -0.05) is 0 Å². The fourth-order valence-electron chi connectivity index (χ4n) is 1.12. The molecule has 8 nitrogen and oxygen atoms in total. The number of carboxylic acid groups (broad SMARTS) is 1. The molecule has 0 aliphatic carbocycles. The minimum Gasteiger partial charge on any atom is -0.477 e. The smallest absolute Gasteiger partial charge is 0.352 e. The first-order chi connectivity index (χ1) is 8.70. The molecule has 0 rings (SSSR count). The molecule has 1 unspecified atom stereocenters. The van der Waals surface area contributed by atoms with Gasteiger partial charge in [0.1, 0.15) is 11.7 Å². The van der Waals surface area contributed by atoms with Gasteiger partial charge in [0.2, 0.25) is 11.8 Å². The van der Waals surface area contributed by atoms with Gasteiger partial charge in [-0.3, -0.25) is 9.59 Å². The number of allylic oxidation sites excluding steroid dienone is 1. The van der Waals surface area contributed by atoms with Crippen molar-refractivity contribution >= 4 is 17.8 Å². The first-order valence-electron chi connectivity index (χ1n) is 5.68. The quantitative estimate of drug-likeness (QED) is 0.363. The summed E-state index contributed by atoms with van der Waals surface area (Å²) in [6.45, 7) is 4.48. The zero-order chi connectivity index (χ0) is 15.2. The van der Waals surface area contributed by atoms with Crippen LogP contribution in [0.3, 0.4) is 0 Å². The van der Waals surface area contributed by atoms with E-state index in [2.05, 4.69) is 10.6 Å². The van der Waals surface area contributed by atoms with Gasteiger partial charge in [0.05, 0.1) is 6.04 Å². The second-order valence-electron chi connectivity index (χ2n) is 4.24. The molecule has 0 aliphatic rings. The van der Waals surface area contributed by atoms with Crippen LogP contribution in [0.25, 0.3) is 0 Å². The largest absolute Gasteiger partial charge is 0.477 e. The summed E-state index contributed by atoms with van der Waals surface area (Å²) < 4.78 is 0. The van der Waals surface area contributed by atoms with E-state index in [1.165, 1.54) is 6.92 Å². The van der Waals surface area contributed by atoms with Gasteiger partial charge in [-0.2, -0.15) is 0 Å². The highest BCUT2D eigenvalue weighted by molar-refractivity contribution is 5.96. The van der Waals surface area contributed by atoms with Crippen molar-refractivity contribution in [2.24, 2.45) is 11.5 Å². The number of carbonyl (C=O) groups is 3. The van der Waals surface area contributed by atoms with Gasteiger partial charge in [-0.15, -0.1) is 0 Å². The zero-order valence-corrected chi connectivity index (χ0v) is 11.2. The van der Waals surface area contributed by atoms with Crippen LogP contribution in [0.4, 0.5) is 0 Å². The number of carboxylic acids is 1. The second-order valence-corrected chi connectivity index (χ2v) is 4.24. The molecule has 7 N–H and O–H groups in total. The van der Waals surface area contributed by atoms with Crippen molar-refractivity contribution in [3.8, 4) is 0 Å². The lowest BCUT2D eigenvalue weighted by atomic mass is 10.2. The van der Waals surface area contributed by atoms with E-state index in [-0.39, 0.29) is 12.2 Å². The Bertz CT molecular complexity index is 401. The van der Waals surface area contributed by atoms with Gasteiger partial charge in [0, 0.05) is 6.54 Å². The van der Waals surface area contributed by atoms with Gasteiger partial charge < -0.3 is 27.2 Å². The molecular weight excluding hydrogens is 252 g/mol. The molecule has 0 aromatic carbocycles. The van der Waals surface area contributed by atoms with E-state index in [0.717, 1.165) is 0 Å². The average Bonchev–Trinajstić information content (AvgIpc) is 2.33. The number of hydrogen-bond donors (Lipinski definition) is 5. The lowest BCUT2D eigenvalue weighted by Crippen LogP contribution is -2.52. The van der Waals surface area contributed by atoms with Gasteiger partial charge in [0.25, 0.3) is 0 Å². The number of aliphatic carboxylic acids is 1. The summed E-state index contributed by atoms with van der Waals surface area (Å²) in [6.07, 6.45) is 0. The van der Waals surface area contributed by atoms with Gasteiger partial charge >= 0.3 is 5.97 Å². The van der Waals surface area contributed by atoms with Gasteiger partial charge in [-0.05, 0) is 26.3 Å². The normalized spacial score (nSPS) is 13.1. The first-order valence-corrected chi connectivity index (χ1v) is 5.68. The predicted octanol–water partition coefficient (Wildman–Crippen LogP) is -1.73. The molecule has 0 aliphatic heterocycles. The summed E-state index contributed by atoms with van der Waals surface area (Å²) >= 11 is 0. The third-order valence-corrected chi connectivity index (χ3v) is 2.30. The fourth-order valence-corrected chi connectivity index (χ4v) is 1.12. The van der Waals surface area contributed by atoms with Crippen molar-refractivity contribution in [3.63, 3.8) is 0 Å². The molecule has 0 aromatic rings. The van der Waals surface area contributed by atoms with E-state index in [1.54, 1.807) is 13.8 Å². The zero-order valence-electron chi connectivity index (χ0n) is 11.2. The van der Waals surface area contributed by atoms with Crippen molar-refractivity contribution in [1.82, 2.24) is 10.6 Å². The molecule has 2 amide bonds. The Balaban J connectivity index is 4.64. The third kappa shape index (κ3) is 5.49. The van der Waals surface area contributed by atoms with Crippen molar-refractivity contribution in [3.05, 3.63) is 11.3 Å². The number of rotatable bonds is 6. The highest BCUT2D eigenvalue weighted by Gasteiger charge is 2.21. The Kier molecular flexibility index (Phi) is 6.73. The van der Waals surface area contributed by atoms with Crippen LogP contribution in [-0.2, 0) is 14.4 Å². The maximum atomic E-state index is 11.7. The molecule has 0 radical (unpaired) electrons. The molecule has 0 saturated carbocycles. The minimum absolute atomic E-state index is 0.0471. The van der Waals surface area contributed by atoms with Crippen molar-refractivity contribution in [1.29, 1.82) is 0 Å². The van der Waals surface area contributed by atoms with Gasteiger partial charge in [0.15, 0.2) is 0 Å². The van der Waals surface area contributed by atoms with E-state index in [4.69, 9.17) is 16.6 Å². The molecule has 0 spiro atoms. The van der Waals surface area contributed by atoms with E-state index >= 15 is 0 Å². The van der Waals surface area contributed by atoms with E-state index in [0.29, 0.717) is 5.57 Å². The fraction of sp³-hybridized carbons (Fsp3) is 0.545. The van der Waals surface area contributed by atoms with Crippen molar-refractivity contribution < 1.29 is 19.5 Å². The lowest BCUT2D eigenvalue weighted by molar-refractivity contribution is -0.135.